The maximum absolute atomic E-state index is 14.6. The molecule has 0 bridgehead atoms. The second kappa shape index (κ2) is 7.95. The van der Waals surface area contributed by atoms with E-state index >= 15 is 0 Å². The van der Waals surface area contributed by atoms with Gasteiger partial charge < -0.3 is 14.6 Å². The van der Waals surface area contributed by atoms with Crippen LogP contribution in [0.4, 0.5) is 31.1 Å². The Kier molecular flexibility index (Phi) is 6.79. The molecule has 1 amide bonds. The number of allylic oxidation sites excluding steroid dienone is 1. The van der Waals surface area contributed by atoms with Crippen LogP contribution < -0.4 is 0 Å². The zero-order valence-electron chi connectivity index (χ0n) is 14.6. The van der Waals surface area contributed by atoms with E-state index in [2.05, 4.69) is 4.74 Å². The van der Waals surface area contributed by atoms with Crippen LogP contribution in [0.25, 0.3) is 0 Å². The molecule has 1 N–H and O–H groups in total. The Hall–Kier alpha value is -1.98. The molecule has 0 aromatic heterocycles. The molecule has 156 valence electrons. The molecule has 3 atom stereocenters. The monoisotopic (exact) mass is 407 g/mol. The van der Waals surface area contributed by atoms with Crippen LogP contribution >= 0.6 is 0 Å². The van der Waals surface area contributed by atoms with Gasteiger partial charge in [-0.25, -0.2) is 22.8 Å². The molecule has 3 unspecified atom stereocenters. The molecular weight excluding hydrogens is 388 g/mol. The van der Waals surface area contributed by atoms with Gasteiger partial charge in [-0.1, -0.05) is 0 Å². The predicted octanol–water partition coefficient (Wildman–Crippen LogP) is 3.37. The minimum atomic E-state index is -5.87. The van der Waals surface area contributed by atoms with E-state index in [-0.39, 0.29) is 23.7 Å². The Labute approximate surface area is 150 Å². The number of carboxylic acid groups (broad SMARTS) is 1. The molecule has 0 aromatic rings. The Morgan fingerprint density at radius 1 is 1.33 bits per heavy atom. The summed E-state index contributed by atoms with van der Waals surface area (Å²) < 4.78 is 92.6. The number of halogens is 6. The summed E-state index contributed by atoms with van der Waals surface area (Å²) in [7, 11) is 0. The summed E-state index contributed by atoms with van der Waals surface area (Å²) in [6.45, 7) is 2.19. The lowest BCUT2D eigenvalue weighted by molar-refractivity contribution is -0.295. The van der Waals surface area contributed by atoms with Crippen LogP contribution in [-0.2, 0) is 14.3 Å². The molecule has 1 saturated heterocycles. The fourth-order valence-electron chi connectivity index (χ4n) is 2.95. The number of esters is 1. The van der Waals surface area contributed by atoms with Gasteiger partial charge in [0.25, 0.3) is 6.43 Å². The largest absolute Gasteiger partial charge is 0.465 e. The minimum Gasteiger partial charge on any atom is -0.465 e. The van der Waals surface area contributed by atoms with E-state index in [9.17, 15) is 41.0 Å². The van der Waals surface area contributed by atoms with Crippen molar-refractivity contribution in [1.82, 2.24) is 4.90 Å². The molecule has 27 heavy (non-hydrogen) atoms. The smallest absolute Gasteiger partial charge is 0.409 e. The van der Waals surface area contributed by atoms with E-state index in [1.54, 1.807) is 0 Å². The van der Waals surface area contributed by atoms with Crippen molar-refractivity contribution < 1.29 is 50.5 Å². The Morgan fingerprint density at radius 2 is 1.89 bits per heavy atom. The molecule has 1 aliphatic rings. The lowest BCUT2D eigenvalue weighted by Gasteiger charge is -2.44. The number of hydrogen-bond donors (Lipinski definition) is 1. The number of alkyl halides is 6. The Balaban J connectivity index is 3.52. The molecule has 6 nitrogen and oxygen atoms in total. The van der Waals surface area contributed by atoms with Gasteiger partial charge in [-0.2, -0.15) is 13.2 Å². The van der Waals surface area contributed by atoms with Crippen LogP contribution in [0, 0.1) is 5.41 Å². The van der Waals surface area contributed by atoms with Crippen LogP contribution in [-0.4, -0.2) is 65.8 Å². The SMILES string of the molecule is CCOC(=O)C=CC(F)C(C(F)F)(C1COC(C)(C)N1C(=O)O)C(F)(F)F. The normalized spacial score (nSPS) is 23.5. The van der Waals surface area contributed by atoms with Gasteiger partial charge >= 0.3 is 18.2 Å². The van der Waals surface area contributed by atoms with Gasteiger partial charge in [0.2, 0.25) is 0 Å². The van der Waals surface area contributed by atoms with Gasteiger partial charge in [0.15, 0.2) is 5.41 Å². The summed E-state index contributed by atoms with van der Waals surface area (Å²) >= 11 is 0. The van der Waals surface area contributed by atoms with Crippen molar-refractivity contribution in [3.05, 3.63) is 12.2 Å². The first kappa shape index (κ1) is 23.1. The molecule has 0 spiro atoms. The molecular formula is C15H19F6NO5. The van der Waals surface area contributed by atoms with Gasteiger partial charge in [-0.3, -0.25) is 4.90 Å². The summed E-state index contributed by atoms with van der Waals surface area (Å²) in [5.41, 5.74) is -6.35. The van der Waals surface area contributed by atoms with Gasteiger partial charge in [-0.15, -0.1) is 0 Å². The zero-order valence-corrected chi connectivity index (χ0v) is 14.6. The van der Waals surface area contributed by atoms with E-state index in [0.717, 1.165) is 13.8 Å². The highest BCUT2D eigenvalue weighted by molar-refractivity contribution is 5.82. The van der Waals surface area contributed by atoms with Crippen molar-refractivity contribution >= 4 is 12.1 Å². The molecule has 0 radical (unpaired) electrons. The lowest BCUT2D eigenvalue weighted by Crippen LogP contribution is -2.65. The number of ether oxygens (including phenoxy) is 2. The number of amides is 1. The van der Waals surface area contributed by atoms with Crippen molar-refractivity contribution in [2.45, 2.75) is 51.3 Å². The highest BCUT2D eigenvalue weighted by Crippen LogP contribution is 2.54. The van der Waals surface area contributed by atoms with Crippen molar-refractivity contribution in [3.8, 4) is 0 Å². The van der Waals surface area contributed by atoms with Crippen LogP contribution in [0.3, 0.4) is 0 Å². The third-order valence-electron chi connectivity index (χ3n) is 4.24. The predicted molar refractivity (Wildman–Crippen MR) is 78.8 cm³/mol. The first-order chi connectivity index (χ1) is 12.2. The summed E-state index contributed by atoms with van der Waals surface area (Å²) in [4.78, 5) is 22.6. The molecule has 12 heteroatoms. The van der Waals surface area contributed by atoms with E-state index < -0.39 is 54.6 Å². The van der Waals surface area contributed by atoms with E-state index in [1.807, 2.05) is 0 Å². The van der Waals surface area contributed by atoms with Gasteiger partial charge in [0.1, 0.15) is 11.9 Å². The number of carbonyl (C=O) groups excluding carboxylic acids is 1. The summed E-state index contributed by atoms with van der Waals surface area (Å²) in [6, 6.07) is -2.59. The maximum Gasteiger partial charge on any atom is 0.409 e. The maximum atomic E-state index is 14.6. The molecule has 0 aromatic carbocycles. The van der Waals surface area contributed by atoms with Crippen LogP contribution in [0.2, 0.25) is 0 Å². The van der Waals surface area contributed by atoms with Gasteiger partial charge in [0.05, 0.1) is 19.3 Å². The van der Waals surface area contributed by atoms with Crippen LogP contribution in [0.5, 0.6) is 0 Å². The summed E-state index contributed by atoms with van der Waals surface area (Å²) in [5, 5.41) is 9.22. The molecule has 0 saturated carbocycles. The molecule has 1 aliphatic heterocycles. The molecule has 0 aliphatic carbocycles. The third kappa shape index (κ3) is 4.14. The third-order valence-corrected chi connectivity index (χ3v) is 4.24. The fourth-order valence-corrected chi connectivity index (χ4v) is 2.95. The first-order valence-corrected chi connectivity index (χ1v) is 7.73. The Bertz CT molecular complexity index is 594. The van der Waals surface area contributed by atoms with Crippen LogP contribution in [0.1, 0.15) is 20.8 Å². The molecule has 1 heterocycles. The average molecular weight is 407 g/mol. The summed E-state index contributed by atoms with van der Waals surface area (Å²) in [6.07, 6.45) is -15.4. The average Bonchev–Trinajstić information content (AvgIpc) is 2.80. The summed E-state index contributed by atoms with van der Waals surface area (Å²) in [5.74, 6) is -1.23. The number of carbonyl (C=O) groups is 2. The number of hydrogen-bond acceptors (Lipinski definition) is 4. The molecule has 1 rings (SSSR count). The minimum absolute atomic E-state index is 0.0109. The number of rotatable bonds is 6. The van der Waals surface area contributed by atoms with Crippen molar-refractivity contribution in [3.63, 3.8) is 0 Å². The quantitative estimate of drug-likeness (QED) is 0.415. The van der Waals surface area contributed by atoms with E-state index in [1.165, 1.54) is 6.92 Å². The zero-order chi connectivity index (χ0) is 21.2. The second-order valence-electron chi connectivity index (χ2n) is 6.17. The van der Waals surface area contributed by atoms with Gasteiger partial charge in [-0.05, 0) is 26.8 Å². The molecule has 1 fully saturated rings. The lowest BCUT2D eigenvalue weighted by atomic mass is 9.74. The van der Waals surface area contributed by atoms with Crippen molar-refractivity contribution in [2.24, 2.45) is 5.41 Å². The highest BCUT2D eigenvalue weighted by atomic mass is 19.4. The second-order valence-corrected chi connectivity index (χ2v) is 6.17. The highest BCUT2D eigenvalue weighted by Gasteiger charge is 2.73. The van der Waals surface area contributed by atoms with E-state index in [4.69, 9.17) is 4.74 Å². The Morgan fingerprint density at radius 3 is 2.30 bits per heavy atom. The topological polar surface area (TPSA) is 76.1 Å². The fraction of sp³-hybridized carbons (Fsp3) is 0.733. The van der Waals surface area contributed by atoms with Crippen molar-refractivity contribution in [1.29, 1.82) is 0 Å². The first-order valence-electron chi connectivity index (χ1n) is 7.73. The van der Waals surface area contributed by atoms with E-state index in [0.29, 0.717) is 0 Å². The number of nitrogens with zero attached hydrogens (tertiary/aromatic N) is 1. The van der Waals surface area contributed by atoms with Crippen molar-refractivity contribution in [2.75, 3.05) is 13.2 Å². The van der Waals surface area contributed by atoms with Crippen LogP contribution in [0.15, 0.2) is 12.2 Å². The standard InChI is InChI=1S/C15H19F6NO5/c1-4-26-10(23)6-5-8(16)14(11(17)18,15(19,20)21)9-7-27-13(2,3)22(9)12(24)25/h5-6,8-9,11H,4,7H2,1-3H3,(H,24,25). The van der Waals surface area contributed by atoms with Gasteiger partial charge in [0, 0.05) is 6.08 Å².